The third kappa shape index (κ3) is 5.51. The van der Waals surface area contributed by atoms with Gasteiger partial charge in [0.2, 0.25) is 5.89 Å². The number of phenols is 1. The van der Waals surface area contributed by atoms with Gasteiger partial charge < -0.3 is 25.7 Å². The summed E-state index contributed by atoms with van der Waals surface area (Å²) < 4.78 is 39.6. The molecule has 0 saturated carbocycles. The Hall–Kier alpha value is -4.13. The average Bonchev–Trinajstić information content (AvgIpc) is 3.47. The van der Waals surface area contributed by atoms with E-state index in [0.717, 1.165) is 37.1 Å². The zero-order valence-electron chi connectivity index (χ0n) is 18.2. The Morgan fingerprint density at radius 1 is 1.17 bits per heavy atom. The molecule has 0 spiro atoms. The van der Waals surface area contributed by atoms with Gasteiger partial charge >= 0.3 is 12.1 Å². The van der Waals surface area contributed by atoms with Gasteiger partial charge in [0.1, 0.15) is 17.1 Å². The van der Waals surface area contributed by atoms with Crippen LogP contribution in [0.5, 0.6) is 5.75 Å². The highest BCUT2D eigenvalue weighted by atomic mass is 19.4. The van der Waals surface area contributed by atoms with Gasteiger partial charge in [-0.2, -0.15) is 18.3 Å². The number of nitrogen functional groups attached to an aromatic ring is 1. The van der Waals surface area contributed by atoms with Crippen LogP contribution in [0, 0.1) is 0 Å². The Balaban J connectivity index is 0.000000364. The van der Waals surface area contributed by atoms with Crippen LogP contribution in [0.3, 0.4) is 0 Å². The number of anilines is 1. The molecule has 1 aromatic carbocycles. The first-order valence-corrected chi connectivity index (χ1v) is 10.5. The van der Waals surface area contributed by atoms with Gasteiger partial charge in [0, 0.05) is 29.6 Å². The number of aromatic nitrogens is 4. The number of aromatic hydroxyl groups is 1. The summed E-state index contributed by atoms with van der Waals surface area (Å²) in [5.74, 6) is -1.92. The molecule has 1 aliphatic heterocycles. The number of halogens is 3. The predicted octanol–water partition coefficient (Wildman–Crippen LogP) is 3.60. The summed E-state index contributed by atoms with van der Waals surface area (Å²) in [6.45, 7) is 2.03. The highest BCUT2D eigenvalue weighted by molar-refractivity contribution is 5.81. The minimum atomic E-state index is -5.08. The number of phenolic OH excluding ortho intramolecular Hbond substituents is 1. The molecular weight excluding hydrogens is 469 g/mol. The standard InChI is InChI=1S/C20H20N6O2.C2HF3O2/c21-19-16(20-25-17-2-1-15(27)8-18(17)28-20)7-12(9-23-19)13-10-24-26(11-13)14-3-5-22-6-4-14;3-2(4,5)1(6)7/h1-2,7-11,14,22,27H,3-6H2,(H2,21,23);(H,6,7). The van der Waals surface area contributed by atoms with Crippen LogP contribution in [0.4, 0.5) is 19.0 Å². The predicted molar refractivity (Wildman–Crippen MR) is 119 cm³/mol. The molecule has 13 heteroatoms. The first-order valence-electron chi connectivity index (χ1n) is 10.5. The number of rotatable bonds is 3. The molecule has 1 saturated heterocycles. The molecular formula is C22H21F3N6O4. The van der Waals surface area contributed by atoms with E-state index in [1.54, 1.807) is 18.3 Å². The van der Waals surface area contributed by atoms with Gasteiger partial charge in [0.25, 0.3) is 0 Å². The number of hydrogen-bond acceptors (Lipinski definition) is 8. The van der Waals surface area contributed by atoms with Crippen molar-refractivity contribution in [2.24, 2.45) is 0 Å². The minimum absolute atomic E-state index is 0.125. The minimum Gasteiger partial charge on any atom is -0.508 e. The molecule has 0 radical (unpaired) electrons. The van der Waals surface area contributed by atoms with Crippen molar-refractivity contribution in [1.82, 2.24) is 25.1 Å². The van der Waals surface area contributed by atoms with E-state index in [1.165, 1.54) is 6.07 Å². The number of nitrogens with zero attached hydrogens (tertiary/aromatic N) is 4. The summed E-state index contributed by atoms with van der Waals surface area (Å²) in [6, 6.07) is 7.13. The van der Waals surface area contributed by atoms with Crippen LogP contribution >= 0.6 is 0 Å². The zero-order chi connectivity index (χ0) is 25.2. The first kappa shape index (κ1) is 24.0. The quantitative estimate of drug-likeness (QED) is 0.337. The van der Waals surface area contributed by atoms with Crippen molar-refractivity contribution in [3.05, 3.63) is 42.9 Å². The van der Waals surface area contributed by atoms with Gasteiger partial charge in [0.05, 0.1) is 17.8 Å². The average molecular weight is 490 g/mol. The SMILES string of the molecule is Nc1ncc(-c2cnn(C3CCNCC3)c2)cc1-c1nc2ccc(O)cc2o1.O=C(O)C(F)(F)F. The van der Waals surface area contributed by atoms with Gasteiger partial charge in [-0.3, -0.25) is 4.68 Å². The summed E-state index contributed by atoms with van der Waals surface area (Å²) >= 11 is 0. The molecule has 1 aliphatic rings. The van der Waals surface area contributed by atoms with E-state index in [0.29, 0.717) is 34.4 Å². The number of alkyl halides is 3. The number of nitrogens with one attached hydrogen (secondary N) is 1. The lowest BCUT2D eigenvalue weighted by Gasteiger charge is -2.22. The zero-order valence-corrected chi connectivity index (χ0v) is 18.2. The Bertz CT molecular complexity index is 1340. The fourth-order valence-electron chi connectivity index (χ4n) is 3.59. The second-order valence-corrected chi connectivity index (χ2v) is 7.82. The van der Waals surface area contributed by atoms with E-state index in [-0.39, 0.29) is 5.75 Å². The van der Waals surface area contributed by atoms with Gasteiger partial charge in [-0.05, 0) is 44.1 Å². The number of fused-ring (bicyclic) bond motifs is 1. The molecule has 10 nitrogen and oxygen atoms in total. The molecule has 1 fully saturated rings. The van der Waals surface area contributed by atoms with E-state index in [9.17, 15) is 18.3 Å². The van der Waals surface area contributed by atoms with E-state index < -0.39 is 12.1 Å². The van der Waals surface area contributed by atoms with Crippen LogP contribution in [0.25, 0.3) is 33.7 Å². The second kappa shape index (κ2) is 9.62. The van der Waals surface area contributed by atoms with E-state index in [2.05, 4.69) is 26.6 Å². The van der Waals surface area contributed by atoms with Crippen molar-refractivity contribution < 1.29 is 32.6 Å². The number of nitrogens with two attached hydrogens (primary N) is 1. The molecule has 0 amide bonds. The van der Waals surface area contributed by atoms with Gasteiger partial charge in [0.15, 0.2) is 5.58 Å². The number of pyridine rings is 1. The summed E-state index contributed by atoms with van der Waals surface area (Å²) in [5.41, 5.74) is 9.72. The first-order chi connectivity index (χ1) is 16.6. The van der Waals surface area contributed by atoms with Crippen molar-refractivity contribution in [2.45, 2.75) is 25.1 Å². The van der Waals surface area contributed by atoms with E-state index in [4.69, 9.17) is 20.1 Å². The highest BCUT2D eigenvalue weighted by Gasteiger charge is 2.38. The summed E-state index contributed by atoms with van der Waals surface area (Å²) in [7, 11) is 0. The number of hydrogen-bond donors (Lipinski definition) is 4. The number of carboxylic acid groups (broad SMARTS) is 1. The van der Waals surface area contributed by atoms with Crippen LogP contribution in [0.15, 0.2) is 47.3 Å². The van der Waals surface area contributed by atoms with Crippen LogP contribution < -0.4 is 11.1 Å². The molecule has 5 rings (SSSR count). The Kier molecular flexibility index (Phi) is 6.60. The molecule has 184 valence electrons. The monoisotopic (exact) mass is 490 g/mol. The topological polar surface area (TPSA) is 152 Å². The number of benzene rings is 1. The lowest BCUT2D eigenvalue weighted by atomic mass is 10.1. The van der Waals surface area contributed by atoms with Crippen molar-refractivity contribution >= 4 is 22.9 Å². The molecule has 0 unspecified atom stereocenters. The largest absolute Gasteiger partial charge is 0.508 e. The number of oxazole rings is 1. The Labute approximate surface area is 196 Å². The fraction of sp³-hybridized carbons (Fsp3) is 0.273. The Morgan fingerprint density at radius 2 is 1.89 bits per heavy atom. The van der Waals surface area contributed by atoms with Crippen molar-refractivity contribution in [3.63, 3.8) is 0 Å². The third-order valence-corrected chi connectivity index (χ3v) is 5.38. The molecule has 4 heterocycles. The molecule has 4 aromatic rings. The lowest BCUT2D eigenvalue weighted by molar-refractivity contribution is -0.192. The maximum Gasteiger partial charge on any atom is 0.490 e. The van der Waals surface area contributed by atoms with Crippen molar-refractivity contribution in [1.29, 1.82) is 0 Å². The lowest BCUT2D eigenvalue weighted by Crippen LogP contribution is -2.29. The summed E-state index contributed by atoms with van der Waals surface area (Å²) in [5, 5.41) is 24.7. The summed E-state index contributed by atoms with van der Waals surface area (Å²) in [6.07, 6.45) is 2.70. The normalized spacial score (nSPS) is 14.5. The Morgan fingerprint density at radius 3 is 2.57 bits per heavy atom. The smallest absolute Gasteiger partial charge is 0.490 e. The van der Waals surface area contributed by atoms with Gasteiger partial charge in [-0.15, -0.1) is 0 Å². The van der Waals surface area contributed by atoms with Crippen LogP contribution in [0.2, 0.25) is 0 Å². The van der Waals surface area contributed by atoms with Crippen molar-refractivity contribution in [2.75, 3.05) is 18.8 Å². The van der Waals surface area contributed by atoms with Crippen LogP contribution in [-0.2, 0) is 4.79 Å². The van der Waals surface area contributed by atoms with E-state index >= 15 is 0 Å². The molecule has 5 N–H and O–H groups in total. The van der Waals surface area contributed by atoms with Gasteiger partial charge in [-0.25, -0.2) is 14.8 Å². The fourth-order valence-corrected chi connectivity index (χ4v) is 3.59. The van der Waals surface area contributed by atoms with Gasteiger partial charge in [-0.1, -0.05) is 0 Å². The third-order valence-electron chi connectivity index (χ3n) is 5.38. The molecule has 0 aliphatic carbocycles. The highest BCUT2D eigenvalue weighted by Crippen LogP contribution is 2.32. The number of carbonyl (C=O) groups is 1. The maximum atomic E-state index is 10.6. The molecule has 3 aromatic heterocycles. The van der Waals surface area contributed by atoms with Crippen molar-refractivity contribution in [3.8, 4) is 28.3 Å². The molecule has 0 atom stereocenters. The second-order valence-electron chi connectivity index (χ2n) is 7.82. The van der Waals surface area contributed by atoms with E-state index in [1.807, 2.05) is 16.9 Å². The molecule has 35 heavy (non-hydrogen) atoms. The number of piperidine rings is 1. The number of aliphatic carboxylic acids is 1. The van der Waals surface area contributed by atoms with Crippen LogP contribution in [-0.4, -0.2) is 55.2 Å². The summed E-state index contributed by atoms with van der Waals surface area (Å²) in [4.78, 5) is 17.7. The maximum absolute atomic E-state index is 10.6. The van der Waals surface area contributed by atoms with Crippen LogP contribution in [0.1, 0.15) is 18.9 Å². The number of carboxylic acids is 1. The molecule has 0 bridgehead atoms.